The summed E-state index contributed by atoms with van der Waals surface area (Å²) in [6.45, 7) is 3.61. The molecule has 1 amide bonds. The first-order valence-corrected chi connectivity index (χ1v) is 10.8. The van der Waals surface area contributed by atoms with Crippen molar-refractivity contribution in [2.75, 3.05) is 17.7 Å². The molecule has 1 unspecified atom stereocenters. The molecule has 0 aromatic heterocycles. The molecular formula is C20H29Cl2N3OS. The Labute approximate surface area is 178 Å². The van der Waals surface area contributed by atoms with Crippen molar-refractivity contribution in [2.45, 2.75) is 64.6 Å². The van der Waals surface area contributed by atoms with Crippen molar-refractivity contribution in [3.63, 3.8) is 0 Å². The van der Waals surface area contributed by atoms with Crippen LogP contribution in [0.5, 0.6) is 0 Å². The van der Waals surface area contributed by atoms with Gasteiger partial charge in [-0.2, -0.15) is 0 Å². The lowest BCUT2D eigenvalue weighted by Crippen LogP contribution is -2.48. The van der Waals surface area contributed by atoms with E-state index in [2.05, 4.69) is 4.90 Å². The number of thioether (sulfide) groups is 1. The molecule has 0 spiro atoms. The van der Waals surface area contributed by atoms with Gasteiger partial charge in [-0.25, -0.2) is 0 Å². The van der Waals surface area contributed by atoms with Crippen LogP contribution in [0.25, 0.3) is 0 Å². The van der Waals surface area contributed by atoms with Crippen LogP contribution in [0.4, 0.5) is 5.69 Å². The molecule has 3 rings (SSSR count). The highest BCUT2D eigenvalue weighted by atomic mass is 35.5. The highest BCUT2D eigenvalue weighted by Crippen LogP contribution is 2.34. The fourth-order valence-corrected chi connectivity index (χ4v) is 5.30. The Bertz CT molecular complexity index is 690. The van der Waals surface area contributed by atoms with Gasteiger partial charge >= 0.3 is 0 Å². The van der Waals surface area contributed by atoms with E-state index >= 15 is 0 Å². The number of amidine groups is 1. The second-order valence-corrected chi connectivity index (χ2v) is 8.70. The number of rotatable bonds is 3. The Morgan fingerprint density at radius 3 is 2.52 bits per heavy atom. The Hall–Kier alpha value is -0.910. The van der Waals surface area contributed by atoms with Gasteiger partial charge in [-0.05, 0) is 37.5 Å². The van der Waals surface area contributed by atoms with Crippen molar-refractivity contribution in [3.05, 3.63) is 28.8 Å². The largest absolute Gasteiger partial charge is 0.333 e. The summed E-state index contributed by atoms with van der Waals surface area (Å²) < 4.78 is 0. The third-order valence-electron chi connectivity index (χ3n) is 5.23. The van der Waals surface area contributed by atoms with Crippen LogP contribution in [0, 0.1) is 6.92 Å². The average Bonchev–Trinajstić information content (AvgIpc) is 2.79. The standard InChI is InChI=1S/C20H28ClN3OS.ClH/c1-14-10-11-18(17(21)12-14)24(15(2)25)19-13-26-20(23(19)3)22-16-8-6-4-5-7-9-16;/h10-12,16,19H,4-9,13H2,1-3H3;1H. The SMILES string of the molecule is CC(=O)N(c1ccc(C)cc1Cl)C1CSC(=NC2CCCCCC2)N1C.Cl. The molecular weight excluding hydrogens is 401 g/mol. The van der Waals surface area contributed by atoms with Crippen molar-refractivity contribution in [3.8, 4) is 0 Å². The molecule has 0 N–H and O–H groups in total. The highest BCUT2D eigenvalue weighted by Gasteiger charge is 2.35. The number of nitrogens with zero attached hydrogens (tertiary/aromatic N) is 3. The van der Waals surface area contributed by atoms with Gasteiger partial charge in [0.05, 0.1) is 16.8 Å². The monoisotopic (exact) mass is 429 g/mol. The lowest BCUT2D eigenvalue weighted by Gasteiger charge is -2.33. The Kier molecular flexibility index (Phi) is 8.32. The zero-order chi connectivity index (χ0) is 18.7. The molecule has 1 saturated carbocycles. The summed E-state index contributed by atoms with van der Waals surface area (Å²) in [7, 11) is 2.04. The normalized spacial score (nSPS) is 22.4. The molecule has 2 aliphatic rings. The lowest BCUT2D eigenvalue weighted by molar-refractivity contribution is -0.117. The Balaban J connectivity index is 0.00000261. The van der Waals surface area contributed by atoms with Gasteiger partial charge in [-0.1, -0.05) is 55.1 Å². The number of hydrogen-bond acceptors (Lipinski definition) is 3. The van der Waals surface area contributed by atoms with E-state index in [0.717, 1.165) is 22.2 Å². The van der Waals surface area contributed by atoms with Crippen molar-refractivity contribution < 1.29 is 4.79 Å². The molecule has 1 aliphatic carbocycles. The number of carbonyl (C=O) groups is 1. The molecule has 1 atom stereocenters. The number of aryl methyl sites for hydroxylation is 1. The van der Waals surface area contributed by atoms with E-state index in [9.17, 15) is 4.79 Å². The number of halogens is 2. The van der Waals surface area contributed by atoms with E-state index in [4.69, 9.17) is 16.6 Å². The second-order valence-electron chi connectivity index (χ2n) is 7.30. The van der Waals surface area contributed by atoms with E-state index in [1.54, 1.807) is 18.7 Å². The predicted octanol–water partition coefficient (Wildman–Crippen LogP) is 5.51. The number of aliphatic imine (C=N–C) groups is 1. The van der Waals surface area contributed by atoms with Gasteiger partial charge in [0, 0.05) is 19.7 Å². The smallest absolute Gasteiger partial charge is 0.225 e. The number of carbonyl (C=O) groups excluding carboxylic acids is 1. The van der Waals surface area contributed by atoms with Crippen LogP contribution in [0.3, 0.4) is 0 Å². The summed E-state index contributed by atoms with van der Waals surface area (Å²) in [5.74, 6) is 0.815. The fraction of sp³-hybridized carbons (Fsp3) is 0.600. The third-order valence-corrected chi connectivity index (χ3v) is 6.65. The predicted molar refractivity (Wildman–Crippen MR) is 120 cm³/mol. The first-order chi connectivity index (χ1) is 12.5. The van der Waals surface area contributed by atoms with Gasteiger partial charge in [0.2, 0.25) is 5.91 Å². The quantitative estimate of drug-likeness (QED) is 0.594. The number of hydrogen-bond donors (Lipinski definition) is 0. The highest BCUT2D eigenvalue weighted by molar-refractivity contribution is 8.14. The second kappa shape index (κ2) is 10.0. The van der Waals surface area contributed by atoms with E-state index in [1.807, 2.05) is 37.1 Å². The van der Waals surface area contributed by atoms with Crippen LogP contribution in [-0.2, 0) is 4.79 Å². The van der Waals surface area contributed by atoms with Crippen LogP contribution < -0.4 is 4.90 Å². The summed E-state index contributed by atoms with van der Waals surface area (Å²) in [6.07, 6.45) is 7.53. The average molecular weight is 430 g/mol. The van der Waals surface area contributed by atoms with Crippen LogP contribution in [-0.4, -0.2) is 41.0 Å². The minimum absolute atomic E-state index is 0. The van der Waals surface area contributed by atoms with E-state index < -0.39 is 0 Å². The van der Waals surface area contributed by atoms with Gasteiger partial charge in [0.1, 0.15) is 6.17 Å². The molecule has 0 radical (unpaired) electrons. The van der Waals surface area contributed by atoms with Gasteiger partial charge in [0.25, 0.3) is 0 Å². The summed E-state index contributed by atoms with van der Waals surface area (Å²) in [4.78, 5) is 21.4. The van der Waals surface area contributed by atoms with Crippen molar-refractivity contribution in [1.29, 1.82) is 0 Å². The lowest BCUT2D eigenvalue weighted by atomic mass is 10.1. The van der Waals surface area contributed by atoms with Crippen molar-refractivity contribution in [2.24, 2.45) is 4.99 Å². The maximum atomic E-state index is 12.4. The molecule has 4 nitrogen and oxygen atoms in total. The van der Waals surface area contributed by atoms with Crippen LogP contribution >= 0.6 is 35.8 Å². The maximum absolute atomic E-state index is 12.4. The molecule has 2 fully saturated rings. The number of anilines is 1. The molecule has 1 aromatic rings. The molecule has 7 heteroatoms. The summed E-state index contributed by atoms with van der Waals surface area (Å²) in [6, 6.07) is 6.28. The first-order valence-electron chi connectivity index (χ1n) is 9.46. The summed E-state index contributed by atoms with van der Waals surface area (Å²) in [5.41, 5.74) is 1.87. The van der Waals surface area contributed by atoms with Crippen molar-refractivity contribution in [1.82, 2.24) is 4.90 Å². The van der Waals surface area contributed by atoms with Crippen LogP contribution in [0.2, 0.25) is 5.02 Å². The van der Waals surface area contributed by atoms with E-state index in [0.29, 0.717) is 11.1 Å². The summed E-state index contributed by atoms with van der Waals surface area (Å²) in [5, 5.41) is 1.67. The van der Waals surface area contributed by atoms with E-state index in [-0.39, 0.29) is 24.5 Å². The topological polar surface area (TPSA) is 35.9 Å². The minimum atomic E-state index is -0.0535. The van der Waals surface area contributed by atoms with Crippen molar-refractivity contribution >= 4 is 52.5 Å². The number of amides is 1. The minimum Gasteiger partial charge on any atom is -0.333 e. The zero-order valence-electron chi connectivity index (χ0n) is 16.3. The molecule has 1 aromatic carbocycles. The van der Waals surface area contributed by atoms with Crippen LogP contribution in [0.1, 0.15) is 51.0 Å². The molecule has 150 valence electrons. The summed E-state index contributed by atoms with van der Waals surface area (Å²) >= 11 is 8.20. The Morgan fingerprint density at radius 1 is 1.26 bits per heavy atom. The van der Waals surface area contributed by atoms with Crippen LogP contribution in [0.15, 0.2) is 23.2 Å². The maximum Gasteiger partial charge on any atom is 0.225 e. The van der Waals surface area contributed by atoms with Gasteiger partial charge in [-0.3, -0.25) is 14.7 Å². The van der Waals surface area contributed by atoms with E-state index in [1.165, 1.54) is 38.5 Å². The van der Waals surface area contributed by atoms with Gasteiger partial charge in [-0.15, -0.1) is 12.4 Å². The third kappa shape index (κ3) is 5.33. The number of benzene rings is 1. The fourth-order valence-electron chi connectivity index (χ4n) is 3.76. The first kappa shape index (κ1) is 22.4. The zero-order valence-corrected chi connectivity index (χ0v) is 18.7. The van der Waals surface area contributed by atoms with Gasteiger partial charge in [0.15, 0.2) is 5.17 Å². The molecule has 27 heavy (non-hydrogen) atoms. The molecule has 1 heterocycles. The Morgan fingerprint density at radius 2 is 1.93 bits per heavy atom. The molecule has 1 aliphatic heterocycles. The van der Waals surface area contributed by atoms with Gasteiger partial charge < -0.3 is 4.90 Å². The molecule has 0 bridgehead atoms. The molecule has 1 saturated heterocycles.